The van der Waals surface area contributed by atoms with Gasteiger partial charge in [-0.15, -0.1) is 0 Å². The molecule has 3 amide bonds. The molecular formula is C15H16N4O2. The molecule has 108 valence electrons. The van der Waals surface area contributed by atoms with Crippen LogP contribution in [-0.2, 0) is 4.79 Å². The van der Waals surface area contributed by atoms with Crippen molar-refractivity contribution >= 4 is 23.3 Å². The molecule has 2 rings (SSSR count). The van der Waals surface area contributed by atoms with Crippen molar-refractivity contribution in [2.45, 2.75) is 6.04 Å². The summed E-state index contributed by atoms with van der Waals surface area (Å²) >= 11 is 0. The summed E-state index contributed by atoms with van der Waals surface area (Å²) in [7, 11) is 0. The first-order valence-electron chi connectivity index (χ1n) is 6.34. The lowest BCUT2D eigenvalue weighted by molar-refractivity contribution is -0.117. The number of nitrogens with one attached hydrogen (secondary N) is 2. The van der Waals surface area contributed by atoms with Gasteiger partial charge in [-0.05, 0) is 23.8 Å². The van der Waals surface area contributed by atoms with Gasteiger partial charge >= 0.3 is 6.03 Å². The number of rotatable bonds is 4. The van der Waals surface area contributed by atoms with Gasteiger partial charge in [-0.3, -0.25) is 4.79 Å². The number of nitrogens with two attached hydrogens (primary N) is 2. The highest BCUT2D eigenvalue weighted by Gasteiger charge is 2.15. The highest BCUT2D eigenvalue weighted by molar-refractivity contribution is 5.96. The minimum absolute atomic E-state index is 0.336. The van der Waals surface area contributed by atoms with Gasteiger partial charge in [0.15, 0.2) is 0 Å². The van der Waals surface area contributed by atoms with Crippen molar-refractivity contribution in [2.24, 2.45) is 11.5 Å². The molecule has 0 aliphatic rings. The molecule has 0 bridgehead atoms. The molecule has 0 saturated heterocycles. The fourth-order valence-electron chi connectivity index (χ4n) is 1.85. The van der Waals surface area contributed by atoms with Gasteiger partial charge in [-0.1, -0.05) is 36.4 Å². The maximum atomic E-state index is 12.1. The Bertz CT molecular complexity index is 643. The molecule has 0 unspecified atom stereocenters. The van der Waals surface area contributed by atoms with Crippen molar-refractivity contribution in [3.63, 3.8) is 0 Å². The van der Waals surface area contributed by atoms with Crippen LogP contribution in [-0.4, -0.2) is 11.9 Å². The van der Waals surface area contributed by atoms with Gasteiger partial charge in [0.25, 0.3) is 0 Å². The highest BCUT2D eigenvalue weighted by atomic mass is 16.2. The van der Waals surface area contributed by atoms with Crippen LogP contribution in [0.1, 0.15) is 11.6 Å². The molecule has 6 N–H and O–H groups in total. The SMILES string of the molecule is NC(=O)Nc1cccc(NC(=O)[C@H](N)c2ccccc2)c1. The van der Waals surface area contributed by atoms with Crippen LogP contribution >= 0.6 is 0 Å². The summed E-state index contributed by atoms with van der Waals surface area (Å²) in [5, 5.41) is 5.13. The van der Waals surface area contributed by atoms with Crippen LogP contribution in [0.15, 0.2) is 54.6 Å². The predicted octanol–water partition coefficient (Wildman–Crippen LogP) is 1.82. The summed E-state index contributed by atoms with van der Waals surface area (Å²) < 4.78 is 0. The first kappa shape index (κ1) is 14.5. The largest absolute Gasteiger partial charge is 0.351 e. The summed E-state index contributed by atoms with van der Waals surface area (Å²) in [6, 6.07) is 14.3. The normalized spacial score (nSPS) is 11.5. The second-order valence-corrected chi connectivity index (χ2v) is 4.45. The monoisotopic (exact) mass is 284 g/mol. The number of anilines is 2. The molecular weight excluding hydrogens is 268 g/mol. The minimum Gasteiger partial charge on any atom is -0.351 e. The van der Waals surface area contributed by atoms with Crippen molar-refractivity contribution in [2.75, 3.05) is 10.6 Å². The van der Waals surface area contributed by atoms with Crippen LogP contribution in [0.5, 0.6) is 0 Å². The van der Waals surface area contributed by atoms with Gasteiger partial charge in [0.2, 0.25) is 5.91 Å². The molecule has 0 heterocycles. The van der Waals surface area contributed by atoms with E-state index in [2.05, 4.69) is 10.6 Å². The van der Waals surface area contributed by atoms with Gasteiger partial charge in [-0.2, -0.15) is 0 Å². The zero-order valence-electron chi connectivity index (χ0n) is 11.2. The molecule has 0 aliphatic heterocycles. The lowest BCUT2D eigenvalue weighted by Gasteiger charge is -2.13. The van der Waals surface area contributed by atoms with E-state index in [9.17, 15) is 9.59 Å². The van der Waals surface area contributed by atoms with E-state index in [1.807, 2.05) is 18.2 Å². The first-order chi connectivity index (χ1) is 10.1. The molecule has 0 spiro atoms. The molecule has 0 fully saturated rings. The van der Waals surface area contributed by atoms with E-state index >= 15 is 0 Å². The first-order valence-corrected chi connectivity index (χ1v) is 6.34. The van der Waals surface area contributed by atoms with Gasteiger partial charge in [0.1, 0.15) is 6.04 Å². The van der Waals surface area contributed by atoms with Crippen LogP contribution in [0.3, 0.4) is 0 Å². The fourth-order valence-corrected chi connectivity index (χ4v) is 1.85. The highest BCUT2D eigenvalue weighted by Crippen LogP contribution is 2.17. The summed E-state index contributed by atoms with van der Waals surface area (Å²) in [6.07, 6.45) is 0. The molecule has 0 aliphatic carbocycles. The number of urea groups is 1. The summed E-state index contributed by atoms with van der Waals surface area (Å²) in [5.74, 6) is -0.336. The molecule has 2 aromatic rings. The number of amides is 3. The van der Waals surface area contributed by atoms with Crippen LogP contribution in [0, 0.1) is 0 Å². The van der Waals surface area contributed by atoms with Crippen molar-refractivity contribution in [1.29, 1.82) is 0 Å². The van der Waals surface area contributed by atoms with E-state index in [-0.39, 0.29) is 5.91 Å². The summed E-state index contributed by atoms with van der Waals surface area (Å²) in [5.41, 5.74) is 12.7. The Kier molecular flexibility index (Phi) is 4.53. The maximum absolute atomic E-state index is 12.1. The van der Waals surface area contributed by atoms with Gasteiger partial charge in [-0.25, -0.2) is 4.79 Å². The Labute approximate surface area is 122 Å². The zero-order valence-corrected chi connectivity index (χ0v) is 11.2. The minimum atomic E-state index is -0.765. The van der Waals surface area contributed by atoms with Crippen LogP contribution in [0.2, 0.25) is 0 Å². The standard InChI is InChI=1S/C15H16N4O2/c16-13(10-5-2-1-3-6-10)14(20)18-11-7-4-8-12(9-11)19-15(17)21/h1-9,13H,16H2,(H,18,20)(H3,17,19,21)/t13-/m1/s1. The fraction of sp³-hybridized carbons (Fsp3) is 0.0667. The third-order valence-electron chi connectivity index (χ3n) is 2.84. The van der Waals surface area contributed by atoms with Gasteiger partial charge < -0.3 is 22.1 Å². The average Bonchev–Trinajstić information content (AvgIpc) is 2.47. The van der Waals surface area contributed by atoms with Gasteiger partial charge in [0.05, 0.1) is 0 Å². The van der Waals surface area contributed by atoms with Crippen molar-refractivity contribution in [1.82, 2.24) is 0 Å². The van der Waals surface area contributed by atoms with Crippen molar-refractivity contribution < 1.29 is 9.59 Å². The Morgan fingerprint density at radius 2 is 1.52 bits per heavy atom. The number of primary amides is 1. The molecule has 0 saturated carbocycles. The average molecular weight is 284 g/mol. The molecule has 0 aromatic heterocycles. The topological polar surface area (TPSA) is 110 Å². The lowest BCUT2D eigenvalue weighted by atomic mass is 10.1. The summed E-state index contributed by atoms with van der Waals surface area (Å²) in [6.45, 7) is 0. The number of carbonyl (C=O) groups is 2. The number of hydrogen-bond acceptors (Lipinski definition) is 3. The van der Waals surface area contributed by atoms with Crippen molar-refractivity contribution in [3.05, 3.63) is 60.2 Å². The third-order valence-corrected chi connectivity index (χ3v) is 2.84. The van der Waals surface area contributed by atoms with Crippen LogP contribution < -0.4 is 22.1 Å². The Morgan fingerprint density at radius 3 is 2.14 bits per heavy atom. The lowest BCUT2D eigenvalue weighted by Crippen LogP contribution is -2.27. The van der Waals surface area contributed by atoms with E-state index in [1.54, 1.807) is 36.4 Å². The molecule has 0 radical (unpaired) electrons. The Hall–Kier alpha value is -2.86. The Balaban J connectivity index is 2.07. The maximum Gasteiger partial charge on any atom is 0.316 e. The number of hydrogen-bond donors (Lipinski definition) is 4. The third kappa shape index (κ3) is 4.05. The molecule has 6 heteroatoms. The number of carbonyl (C=O) groups excluding carboxylic acids is 2. The van der Waals surface area contributed by atoms with E-state index in [4.69, 9.17) is 11.5 Å². The Morgan fingerprint density at radius 1 is 0.905 bits per heavy atom. The quantitative estimate of drug-likeness (QED) is 0.687. The van der Waals surface area contributed by atoms with E-state index in [0.717, 1.165) is 5.56 Å². The molecule has 1 atom stereocenters. The smallest absolute Gasteiger partial charge is 0.316 e. The van der Waals surface area contributed by atoms with E-state index in [0.29, 0.717) is 11.4 Å². The number of benzene rings is 2. The van der Waals surface area contributed by atoms with E-state index < -0.39 is 12.1 Å². The van der Waals surface area contributed by atoms with Gasteiger partial charge in [0, 0.05) is 11.4 Å². The van der Waals surface area contributed by atoms with E-state index in [1.165, 1.54) is 0 Å². The van der Waals surface area contributed by atoms with Crippen molar-refractivity contribution in [3.8, 4) is 0 Å². The second kappa shape index (κ2) is 6.53. The molecule has 6 nitrogen and oxygen atoms in total. The predicted molar refractivity (Wildman–Crippen MR) is 81.6 cm³/mol. The van der Waals surface area contributed by atoms with Crippen LogP contribution in [0.4, 0.5) is 16.2 Å². The zero-order chi connectivity index (χ0) is 15.2. The molecule has 2 aromatic carbocycles. The molecule has 21 heavy (non-hydrogen) atoms. The second-order valence-electron chi connectivity index (χ2n) is 4.45. The summed E-state index contributed by atoms with van der Waals surface area (Å²) in [4.78, 5) is 22.9. The van der Waals surface area contributed by atoms with Crippen LogP contribution in [0.25, 0.3) is 0 Å².